The summed E-state index contributed by atoms with van der Waals surface area (Å²) in [6.45, 7) is 3.91. The smallest absolute Gasteiger partial charge is 0.222 e. The minimum atomic E-state index is 0. The fourth-order valence-corrected chi connectivity index (χ4v) is 2.82. The number of ether oxygens (including phenoxy) is 1. The van der Waals surface area contributed by atoms with Crippen LogP contribution in [0.1, 0.15) is 32.1 Å². The largest absolute Gasteiger partial charge is 0.497 e. The number of nitrogens with two attached hydrogens (primary N) is 1. The molecule has 0 aliphatic carbocycles. The lowest BCUT2D eigenvalue weighted by Gasteiger charge is -2.35. The summed E-state index contributed by atoms with van der Waals surface area (Å²) in [5.74, 6) is 2.00. The topological polar surface area (TPSA) is 71.7 Å². The summed E-state index contributed by atoms with van der Waals surface area (Å²) in [4.78, 5) is 20.8. The molecule has 1 aliphatic heterocycles. The van der Waals surface area contributed by atoms with Crippen LogP contribution >= 0.6 is 24.8 Å². The zero-order chi connectivity index (χ0) is 16.5. The van der Waals surface area contributed by atoms with Gasteiger partial charge in [-0.15, -0.1) is 24.8 Å². The third kappa shape index (κ3) is 7.67. The predicted molar refractivity (Wildman–Crippen MR) is 106 cm³/mol. The molecule has 0 atom stereocenters. The number of rotatable bonds is 8. The van der Waals surface area contributed by atoms with Crippen molar-refractivity contribution >= 4 is 36.5 Å². The minimum absolute atomic E-state index is 0. The maximum absolute atomic E-state index is 12.2. The van der Waals surface area contributed by atoms with E-state index in [-0.39, 0.29) is 30.7 Å². The van der Waals surface area contributed by atoms with E-state index in [1.165, 1.54) is 0 Å². The minimum Gasteiger partial charge on any atom is -0.497 e. The maximum Gasteiger partial charge on any atom is 0.222 e. The summed E-state index contributed by atoms with van der Waals surface area (Å²) < 4.78 is 5.24. The highest BCUT2D eigenvalue weighted by Gasteiger charge is 2.21. The predicted octanol–water partition coefficient (Wildman–Crippen LogP) is 2.49. The number of halogens is 2. The first-order valence-corrected chi connectivity index (χ1v) is 8.47. The zero-order valence-electron chi connectivity index (χ0n) is 14.9. The number of aromatic nitrogens is 1. The molecule has 0 radical (unpaired) electrons. The summed E-state index contributed by atoms with van der Waals surface area (Å²) >= 11 is 0. The number of nitrogens with zero attached hydrogens (tertiary/aromatic N) is 3. The van der Waals surface area contributed by atoms with Crippen LogP contribution in [0.25, 0.3) is 0 Å². The van der Waals surface area contributed by atoms with Crippen LogP contribution in [0.2, 0.25) is 0 Å². The van der Waals surface area contributed by atoms with Gasteiger partial charge in [0.25, 0.3) is 0 Å². The molecule has 0 unspecified atom stereocenters. The lowest BCUT2D eigenvalue weighted by Crippen LogP contribution is -2.49. The van der Waals surface area contributed by atoms with Gasteiger partial charge in [-0.3, -0.25) is 4.79 Å². The van der Waals surface area contributed by atoms with Crippen molar-refractivity contribution in [3.05, 3.63) is 18.3 Å². The molecule has 1 saturated heterocycles. The molecule has 2 rings (SSSR count). The third-order valence-corrected chi connectivity index (χ3v) is 4.25. The van der Waals surface area contributed by atoms with Crippen LogP contribution in [0.5, 0.6) is 5.75 Å². The molecule has 144 valence electrons. The van der Waals surface area contributed by atoms with Crippen molar-refractivity contribution in [3.63, 3.8) is 0 Å². The Morgan fingerprint density at radius 1 is 1.16 bits per heavy atom. The van der Waals surface area contributed by atoms with E-state index in [0.29, 0.717) is 6.42 Å². The molecule has 0 saturated carbocycles. The van der Waals surface area contributed by atoms with Gasteiger partial charge in [-0.05, 0) is 25.5 Å². The van der Waals surface area contributed by atoms with Crippen LogP contribution in [0, 0.1) is 0 Å². The zero-order valence-corrected chi connectivity index (χ0v) is 16.5. The first-order chi connectivity index (χ1) is 11.2. The number of methoxy groups -OCH3 is 1. The Bertz CT molecular complexity index is 497. The summed E-state index contributed by atoms with van der Waals surface area (Å²) in [5.41, 5.74) is 5.47. The van der Waals surface area contributed by atoms with Gasteiger partial charge in [0.2, 0.25) is 5.91 Å². The van der Waals surface area contributed by atoms with Crippen LogP contribution in [-0.4, -0.2) is 55.6 Å². The third-order valence-electron chi connectivity index (χ3n) is 4.25. The highest BCUT2D eigenvalue weighted by atomic mass is 35.5. The van der Waals surface area contributed by atoms with Crippen molar-refractivity contribution in [3.8, 4) is 5.75 Å². The standard InChI is InChI=1S/C17H28N4O2.2ClH/c1-23-15-7-9-19-16(14-15)20-10-12-21(13-11-20)17(22)6-4-2-3-5-8-18;;/h7,9,14H,2-6,8,10-13,18H2,1H3;2*1H. The van der Waals surface area contributed by atoms with Crippen molar-refractivity contribution in [2.24, 2.45) is 5.73 Å². The number of anilines is 1. The summed E-state index contributed by atoms with van der Waals surface area (Å²) in [7, 11) is 1.66. The molecule has 1 aromatic rings. The number of hydrogen-bond donors (Lipinski definition) is 1. The van der Waals surface area contributed by atoms with Gasteiger partial charge in [-0.2, -0.15) is 0 Å². The van der Waals surface area contributed by atoms with Crippen molar-refractivity contribution < 1.29 is 9.53 Å². The van der Waals surface area contributed by atoms with Crippen molar-refractivity contribution in [1.82, 2.24) is 9.88 Å². The van der Waals surface area contributed by atoms with Gasteiger partial charge in [-0.25, -0.2) is 4.98 Å². The highest BCUT2D eigenvalue weighted by molar-refractivity contribution is 5.85. The quantitative estimate of drug-likeness (QED) is 0.687. The Morgan fingerprint density at radius 3 is 2.48 bits per heavy atom. The lowest BCUT2D eigenvalue weighted by molar-refractivity contribution is -0.131. The molecule has 25 heavy (non-hydrogen) atoms. The molecule has 1 amide bonds. The van der Waals surface area contributed by atoms with Gasteiger partial charge >= 0.3 is 0 Å². The van der Waals surface area contributed by atoms with E-state index in [0.717, 1.165) is 70.0 Å². The van der Waals surface area contributed by atoms with Crippen LogP contribution in [0.15, 0.2) is 18.3 Å². The Morgan fingerprint density at radius 2 is 1.84 bits per heavy atom. The van der Waals surface area contributed by atoms with Gasteiger partial charge in [0.05, 0.1) is 7.11 Å². The second kappa shape index (κ2) is 13.0. The van der Waals surface area contributed by atoms with Gasteiger partial charge < -0.3 is 20.3 Å². The monoisotopic (exact) mass is 392 g/mol. The molecule has 2 N–H and O–H groups in total. The van der Waals surface area contributed by atoms with Gasteiger partial charge in [0.1, 0.15) is 11.6 Å². The fraction of sp³-hybridized carbons (Fsp3) is 0.647. The molecule has 0 aromatic carbocycles. The fourth-order valence-electron chi connectivity index (χ4n) is 2.82. The Kier molecular flexibility index (Phi) is 12.4. The number of amides is 1. The number of pyridine rings is 1. The van der Waals surface area contributed by atoms with Crippen molar-refractivity contribution in [2.45, 2.75) is 32.1 Å². The molecule has 1 aliphatic rings. The SMILES string of the molecule is COc1ccnc(N2CCN(C(=O)CCCCCCN)CC2)c1.Cl.Cl. The average Bonchev–Trinajstić information content (AvgIpc) is 2.61. The molecule has 8 heteroatoms. The van der Waals surface area contributed by atoms with Crippen LogP contribution in [-0.2, 0) is 4.79 Å². The number of piperazine rings is 1. The first kappa shape index (κ1) is 23.8. The van der Waals surface area contributed by atoms with E-state index in [1.807, 2.05) is 17.0 Å². The first-order valence-electron chi connectivity index (χ1n) is 8.47. The molecule has 1 aromatic heterocycles. The van der Waals surface area contributed by atoms with Crippen molar-refractivity contribution in [1.29, 1.82) is 0 Å². The van der Waals surface area contributed by atoms with E-state index in [1.54, 1.807) is 13.3 Å². The molecular weight excluding hydrogens is 363 g/mol. The molecule has 0 bridgehead atoms. The number of carbonyl (C=O) groups excluding carboxylic acids is 1. The van der Waals surface area contributed by atoms with Crippen LogP contribution < -0.4 is 15.4 Å². The summed E-state index contributed by atoms with van der Waals surface area (Å²) in [5, 5.41) is 0. The van der Waals surface area contributed by atoms with Gasteiger partial charge in [0.15, 0.2) is 0 Å². The Hall–Kier alpha value is -1.24. The van der Waals surface area contributed by atoms with E-state index in [9.17, 15) is 4.79 Å². The highest BCUT2D eigenvalue weighted by Crippen LogP contribution is 2.19. The number of carbonyl (C=O) groups is 1. The maximum atomic E-state index is 12.2. The van der Waals surface area contributed by atoms with E-state index >= 15 is 0 Å². The van der Waals surface area contributed by atoms with E-state index < -0.39 is 0 Å². The normalized spacial score (nSPS) is 13.7. The van der Waals surface area contributed by atoms with Crippen LogP contribution in [0.3, 0.4) is 0 Å². The second-order valence-corrected chi connectivity index (χ2v) is 5.87. The Balaban J connectivity index is 0.00000288. The van der Waals surface area contributed by atoms with E-state index in [4.69, 9.17) is 10.5 Å². The Labute approximate surface area is 162 Å². The summed E-state index contributed by atoms with van der Waals surface area (Å²) in [6.07, 6.45) is 6.65. The second-order valence-electron chi connectivity index (χ2n) is 5.87. The molecule has 6 nitrogen and oxygen atoms in total. The summed E-state index contributed by atoms with van der Waals surface area (Å²) in [6, 6.07) is 3.78. The molecular formula is C17H30Cl2N4O2. The number of hydrogen-bond acceptors (Lipinski definition) is 5. The lowest BCUT2D eigenvalue weighted by atomic mass is 10.1. The molecule has 2 heterocycles. The van der Waals surface area contributed by atoms with Crippen molar-refractivity contribution in [2.75, 3.05) is 44.7 Å². The van der Waals surface area contributed by atoms with E-state index in [2.05, 4.69) is 9.88 Å². The van der Waals surface area contributed by atoms with Crippen LogP contribution in [0.4, 0.5) is 5.82 Å². The van der Waals surface area contributed by atoms with Gasteiger partial charge in [0, 0.05) is 44.9 Å². The molecule has 0 spiro atoms. The van der Waals surface area contributed by atoms with Gasteiger partial charge in [-0.1, -0.05) is 12.8 Å². The average molecular weight is 393 g/mol. The number of unbranched alkanes of at least 4 members (excludes halogenated alkanes) is 3. The molecule has 1 fully saturated rings.